The van der Waals surface area contributed by atoms with Crippen LogP contribution in [0.4, 0.5) is 0 Å². The average Bonchev–Trinajstić information content (AvgIpc) is 2.84. The highest BCUT2D eigenvalue weighted by Gasteiger charge is 2.40. The molecule has 1 heterocycles. The predicted octanol–water partition coefficient (Wildman–Crippen LogP) is 1.97. The summed E-state index contributed by atoms with van der Waals surface area (Å²) < 4.78 is 0. The van der Waals surface area contributed by atoms with E-state index in [1.54, 1.807) is 0 Å². The molecule has 0 saturated carbocycles. The summed E-state index contributed by atoms with van der Waals surface area (Å²) in [6.07, 6.45) is 5.20. The predicted molar refractivity (Wildman–Crippen MR) is 58.0 cm³/mol. The minimum Gasteiger partial charge on any atom is -0.331 e. The van der Waals surface area contributed by atoms with Crippen LogP contribution in [-0.2, 0) is 11.3 Å². The van der Waals surface area contributed by atoms with Crippen LogP contribution in [0.3, 0.4) is 0 Å². The zero-order valence-electron chi connectivity index (χ0n) is 8.47. The van der Waals surface area contributed by atoms with E-state index in [9.17, 15) is 4.79 Å². The van der Waals surface area contributed by atoms with Crippen molar-refractivity contribution in [3.63, 3.8) is 0 Å². The van der Waals surface area contributed by atoms with Gasteiger partial charge >= 0.3 is 0 Å². The van der Waals surface area contributed by atoms with Crippen molar-refractivity contribution in [2.75, 3.05) is 0 Å². The van der Waals surface area contributed by atoms with Gasteiger partial charge < -0.3 is 4.90 Å². The van der Waals surface area contributed by atoms with Gasteiger partial charge in [-0.15, -0.1) is 0 Å². The van der Waals surface area contributed by atoms with Crippen LogP contribution in [-0.4, -0.2) is 16.8 Å². The third-order valence-electron chi connectivity index (χ3n) is 3.26. The maximum absolute atomic E-state index is 11.8. The lowest BCUT2D eigenvalue weighted by atomic mass is 10.1. The van der Waals surface area contributed by atoms with Gasteiger partial charge in [0.2, 0.25) is 5.91 Å². The molecule has 2 heteroatoms. The Bertz CT molecular complexity index is 410. The quantitative estimate of drug-likeness (QED) is 0.667. The molecule has 0 radical (unpaired) electrons. The molecule has 2 atom stereocenters. The summed E-state index contributed by atoms with van der Waals surface area (Å²) in [5.41, 5.74) is 1.21. The molecule has 2 bridgehead atoms. The van der Waals surface area contributed by atoms with Crippen LogP contribution in [0.5, 0.6) is 0 Å². The molecular formula is C13H13NO. The summed E-state index contributed by atoms with van der Waals surface area (Å²) in [6, 6.07) is 10.5. The number of carbonyl (C=O) groups is 1. The molecule has 1 aromatic carbocycles. The Balaban J connectivity index is 1.80. The number of rotatable bonds is 2. The number of hydrogen-bond donors (Lipinski definition) is 0. The zero-order chi connectivity index (χ0) is 10.3. The first-order valence-electron chi connectivity index (χ1n) is 5.37. The van der Waals surface area contributed by atoms with Crippen molar-refractivity contribution in [3.8, 4) is 0 Å². The van der Waals surface area contributed by atoms with Gasteiger partial charge in [0.05, 0.1) is 12.0 Å². The summed E-state index contributed by atoms with van der Waals surface area (Å²) >= 11 is 0. The van der Waals surface area contributed by atoms with Crippen molar-refractivity contribution >= 4 is 5.91 Å². The topological polar surface area (TPSA) is 20.3 Å². The number of benzene rings is 1. The van der Waals surface area contributed by atoms with Gasteiger partial charge in [0, 0.05) is 6.54 Å². The third kappa shape index (κ3) is 1.37. The van der Waals surface area contributed by atoms with Crippen molar-refractivity contribution in [2.24, 2.45) is 5.92 Å². The van der Waals surface area contributed by atoms with Crippen molar-refractivity contribution < 1.29 is 4.79 Å². The van der Waals surface area contributed by atoms with Gasteiger partial charge in [-0.1, -0.05) is 42.5 Å². The molecule has 2 nitrogen and oxygen atoms in total. The number of hydrogen-bond acceptors (Lipinski definition) is 1. The Morgan fingerprint density at radius 2 is 2.00 bits per heavy atom. The zero-order valence-corrected chi connectivity index (χ0v) is 8.47. The highest BCUT2D eigenvalue weighted by atomic mass is 16.2. The van der Waals surface area contributed by atoms with Gasteiger partial charge in [-0.25, -0.2) is 0 Å². The largest absolute Gasteiger partial charge is 0.331 e. The molecule has 1 amide bonds. The first-order chi connectivity index (χ1) is 7.34. The standard InChI is InChI=1S/C13H13NO/c15-13-11-6-7-12(8-11)14(13)9-10-4-2-1-3-5-10/h1-7,11-12H,8-9H2. The summed E-state index contributed by atoms with van der Waals surface area (Å²) in [6.45, 7) is 0.755. The smallest absolute Gasteiger partial charge is 0.230 e. The summed E-state index contributed by atoms with van der Waals surface area (Å²) in [7, 11) is 0. The second kappa shape index (κ2) is 3.23. The Kier molecular flexibility index (Phi) is 1.88. The lowest BCUT2D eigenvalue weighted by Gasteiger charge is -2.24. The molecule has 2 aliphatic rings. The molecular weight excluding hydrogens is 186 g/mol. The molecule has 3 rings (SSSR count). The normalized spacial score (nSPS) is 27.7. The van der Waals surface area contributed by atoms with Gasteiger partial charge in [-0.05, 0) is 12.0 Å². The number of amides is 1. The van der Waals surface area contributed by atoms with Crippen LogP contribution in [0.15, 0.2) is 42.5 Å². The van der Waals surface area contributed by atoms with Gasteiger partial charge in [-0.3, -0.25) is 4.79 Å². The van der Waals surface area contributed by atoms with Crippen molar-refractivity contribution in [2.45, 2.75) is 19.0 Å². The van der Waals surface area contributed by atoms with E-state index >= 15 is 0 Å². The van der Waals surface area contributed by atoms with Crippen LogP contribution in [0.25, 0.3) is 0 Å². The molecule has 2 unspecified atom stereocenters. The van der Waals surface area contributed by atoms with E-state index in [1.165, 1.54) is 5.56 Å². The maximum atomic E-state index is 11.8. The molecule has 1 fully saturated rings. The SMILES string of the molecule is O=C1C2C=CC(C2)N1Cc1ccccc1. The lowest BCUT2D eigenvalue weighted by Crippen LogP contribution is -2.33. The van der Waals surface area contributed by atoms with Crippen LogP contribution in [0.1, 0.15) is 12.0 Å². The Morgan fingerprint density at radius 3 is 2.67 bits per heavy atom. The Hall–Kier alpha value is -1.57. The van der Waals surface area contributed by atoms with Gasteiger partial charge in [0.25, 0.3) is 0 Å². The van der Waals surface area contributed by atoms with E-state index < -0.39 is 0 Å². The number of carbonyl (C=O) groups excluding carboxylic acids is 1. The fourth-order valence-corrected chi connectivity index (χ4v) is 2.45. The first kappa shape index (κ1) is 8.72. The summed E-state index contributed by atoms with van der Waals surface area (Å²) in [5.74, 6) is 0.463. The van der Waals surface area contributed by atoms with Crippen LogP contribution in [0, 0.1) is 5.92 Å². The lowest BCUT2D eigenvalue weighted by molar-refractivity contribution is -0.131. The van der Waals surface area contributed by atoms with Crippen molar-refractivity contribution in [3.05, 3.63) is 48.0 Å². The average molecular weight is 199 g/mol. The first-order valence-corrected chi connectivity index (χ1v) is 5.37. The molecule has 1 aromatic rings. The van der Waals surface area contributed by atoms with E-state index in [-0.39, 0.29) is 5.92 Å². The molecule has 0 aromatic heterocycles. The van der Waals surface area contributed by atoms with E-state index in [2.05, 4.69) is 24.3 Å². The van der Waals surface area contributed by atoms with E-state index in [1.807, 2.05) is 23.1 Å². The van der Waals surface area contributed by atoms with E-state index in [0.717, 1.165) is 13.0 Å². The highest BCUT2D eigenvalue weighted by molar-refractivity contribution is 5.85. The Morgan fingerprint density at radius 1 is 1.20 bits per heavy atom. The minimum absolute atomic E-state index is 0.165. The van der Waals surface area contributed by atoms with Crippen LogP contribution < -0.4 is 0 Å². The Labute approximate surface area is 89.2 Å². The molecule has 1 aliphatic heterocycles. The summed E-state index contributed by atoms with van der Waals surface area (Å²) in [4.78, 5) is 13.8. The van der Waals surface area contributed by atoms with Crippen LogP contribution >= 0.6 is 0 Å². The van der Waals surface area contributed by atoms with Crippen molar-refractivity contribution in [1.29, 1.82) is 0 Å². The van der Waals surface area contributed by atoms with Crippen molar-refractivity contribution in [1.82, 2.24) is 4.90 Å². The molecule has 0 N–H and O–H groups in total. The van der Waals surface area contributed by atoms with Gasteiger partial charge in [-0.2, -0.15) is 0 Å². The fraction of sp³-hybridized carbons (Fsp3) is 0.308. The molecule has 15 heavy (non-hydrogen) atoms. The second-order valence-electron chi connectivity index (χ2n) is 4.25. The highest BCUT2D eigenvalue weighted by Crippen LogP contribution is 2.33. The van der Waals surface area contributed by atoms with Gasteiger partial charge in [0.15, 0.2) is 0 Å². The fourth-order valence-electron chi connectivity index (χ4n) is 2.45. The molecule has 1 aliphatic carbocycles. The third-order valence-corrected chi connectivity index (χ3v) is 3.26. The summed E-state index contributed by atoms with van der Waals surface area (Å²) in [5, 5.41) is 0. The molecule has 1 saturated heterocycles. The molecule has 0 spiro atoms. The van der Waals surface area contributed by atoms with Gasteiger partial charge in [0.1, 0.15) is 0 Å². The van der Waals surface area contributed by atoms with Crippen LogP contribution in [0.2, 0.25) is 0 Å². The number of likely N-dealkylation sites (tertiary alicyclic amines) is 1. The monoisotopic (exact) mass is 199 g/mol. The van der Waals surface area contributed by atoms with E-state index in [0.29, 0.717) is 11.9 Å². The number of nitrogens with zero attached hydrogens (tertiary/aromatic N) is 1. The second-order valence-corrected chi connectivity index (χ2v) is 4.25. The minimum atomic E-state index is 0.165. The maximum Gasteiger partial charge on any atom is 0.230 e. The molecule has 76 valence electrons. The number of fused-ring (bicyclic) bond motifs is 2. The van der Waals surface area contributed by atoms with E-state index in [4.69, 9.17) is 0 Å².